The molecular weight excluding hydrogens is 392 g/mol. The van der Waals surface area contributed by atoms with E-state index in [-0.39, 0.29) is 24.3 Å². The fraction of sp³-hybridized carbons (Fsp3) is 0.316. The number of aromatic nitrogens is 5. The van der Waals surface area contributed by atoms with Gasteiger partial charge in [-0.1, -0.05) is 17.4 Å². The number of carbonyl (C=O) groups excluding carboxylic acids is 1. The summed E-state index contributed by atoms with van der Waals surface area (Å²) in [5.74, 6) is 1.41. The number of rotatable bonds is 6. The number of nitrogens with one attached hydrogen (secondary N) is 2. The van der Waals surface area contributed by atoms with Gasteiger partial charge in [0, 0.05) is 12.0 Å². The van der Waals surface area contributed by atoms with Crippen molar-refractivity contribution in [1.29, 1.82) is 0 Å². The molecule has 4 aromatic rings. The number of aromatic amines is 1. The minimum atomic E-state index is -0.234. The average Bonchev–Trinajstić information content (AvgIpc) is 3.24. The maximum Gasteiger partial charge on any atom is 0.277 e. The monoisotopic (exact) mass is 412 g/mol. The lowest BCUT2D eigenvalue weighted by Crippen LogP contribution is -2.23. The third-order valence-electron chi connectivity index (χ3n) is 4.44. The molecule has 0 bridgehead atoms. The number of ether oxygens (including phenoxy) is 1. The average molecular weight is 412 g/mol. The Kier molecular flexibility index (Phi) is 5.01. The smallest absolute Gasteiger partial charge is 0.277 e. The lowest BCUT2D eigenvalue weighted by atomic mass is 10.1. The highest BCUT2D eigenvalue weighted by Crippen LogP contribution is 2.32. The first-order valence-electron chi connectivity index (χ1n) is 9.23. The molecule has 1 aromatic carbocycles. The number of aryl methyl sites for hydroxylation is 2. The van der Waals surface area contributed by atoms with E-state index in [0.717, 1.165) is 10.2 Å². The molecule has 0 aliphatic heterocycles. The minimum absolute atomic E-state index is 0.144. The summed E-state index contributed by atoms with van der Waals surface area (Å²) in [6.07, 6.45) is 0.421. The lowest BCUT2D eigenvalue weighted by molar-refractivity contribution is -0.116. The van der Waals surface area contributed by atoms with Crippen LogP contribution in [-0.4, -0.2) is 37.1 Å². The van der Waals surface area contributed by atoms with Crippen molar-refractivity contribution in [2.45, 2.75) is 33.6 Å². The van der Waals surface area contributed by atoms with Gasteiger partial charge >= 0.3 is 0 Å². The van der Waals surface area contributed by atoms with Gasteiger partial charge in [-0.15, -0.1) is 0 Å². The Morgan fingerprint density at radius 1 is 1.28 bits per heavy atom. The van der Waals surface area contributed by atoms with E-state index in [1.54, 1.807) is 13.8 Å². The normalized spacial score (nSPS) is 11.3. The van der Waals surface area contributed by atoms with Crippen molar-refractivity contribution in [3.05, 3.63) is 45.6 Å². The molecule has 0 aliphatic carbocycles. The molecule has 2 N–H and O–H groups in total. The Hall–Kier alpha value is -3.27. The summed E-state index contributed by atoms with van der Waals surface area (Å²) in [6, 6.07) is 5.68. The van der Waals surface area contributed by atoms with Crippen molar-refractivity contribution in [2.24, 2.45) is 0 Å². The van der Waals surface area contributed by atoms with Crippen LogP contribution in [0, 0.1) is 13.8 Å². The maximum atomic E-state index is 12.6. The first kappa shape index (κ1) is 19.1. The van der Waals surface area contributed by atoms with Crippen LogP contribution >= 0.6 is 11.3 Å². The topological polar surface area (TPSA) is 114 Å². The van der Waals surface area contributed by atoms with Crippen LogP contribution < -0.4 is 15.6 Å². The molecule has 150 valence electrons. The Morgan fingerprint density at radius 2 is 2.10 bits per heavy atom. The van der Waals surface area contributed by atoms with Gasteiger partial charge < -0.3 is 10.1 Å². The Balaban J connectivity index is 1.50. The third-order valence-corrected chi connectivity index (χ3v) is 5.37. The SMILES string of the molecule is CCOc1cccc2sc(NC(=O)CCc3c(C)nc4nc(C)[nH]n4c3=O)nc12. The van der Waals surface area contributed by atoms with Crippen molar-refractivity contribution in [1.82, 2.24) is 24.6 Å². The molecule has 0 fully saturated rings. The molecule has 3 heterocycles. The van der Waals surface area contributed by atoms with E-state index in [4.69, 9.17) is 4.74 Å². The fourth-order valence-corrected chi connectivity index (χ4v) is 4.02. The molecule has 4 rings (SSSR count). The highest BCUT2D eigenvalue weighted by atomic mass is 32.1. The molecule has 0 radical (unpaired) electrons. The van der Waals surface area contributed by atoms with Crippen LogP contribution in [0.25, 0.3) is 16.0 Å². The van der Waals surface area contributed by atoms with Gasteiger partial charge in [-0.3, -0.25) is 14.7 Å². The number of hydrogen-bond donors (Lipinski definition) is 2. The molecule has 29 heavy (non-hydrogen) atoms. The first-order chi connectivity index (χ1) is 14.0. The van der Waals surface area contributed by atoms with Crippen LogP contribution in [0.4, 0.5) is 5.13 Å². The van der Waals surface area contributed by atoms with E-state index >= 15 is 0 Å². The second kappa shape index (κ2) is 7.63. The number of amides is 1. The number of thiazole rings is 1. The number of carbonyl (C=O) groups is 1. The summed E-state index contributed by atoms with van der Waals surface area (Å²) in [6.45, 7) is 5.96. The van der Waals surface area contributed by atoms with Crippen LogP contribution in [0.2, 0.25) is 0 Å². The van der Waals surface area contributed by atoms with Crippen LogP contribution in [0.5, 0.6) is 5.75 Å². The molecule has 0 saturated carbocycles. The molecule has 0 unspecified atom stereocenters. The second-order valence-electron chi connectivity index (χ2n) is 6.53. The second-order valence-corrected chi connectivity index (χ2v) is 7.56. The van der Waals surface area contributed by atoms with Crippen LogP contribution in [0.3, 0.4) is 0 Å². The number of hydrogen-bond acceptors (Lipinski definition) is 7. The fourth-order valence-electron chi connectivity index (χ4n) is 3.12. The van der Waals surface area contributed by atoms with E-state index in [0.29, 0.717) is 40.3 Å². The summed E-state index contributed by atoms with van der Waals surface area (Å²) in [4.78, 5) is 38.1. The molecule has 3 aromatic heterocycles. The lowest BCUT2D eigenvalue weighted by Gasteiger charge is -2.05. The zero-order valence-corrected chi connectivity index (χ0v) is 17.1. The van der Waals surface area contributed by atoms with Crippen LogP contribution in [-0.2, 0) is 11.2 Å². The van der Waals surface area contributed by atoms with Gasteiger partial charge in [0.25, 0.3) is 11.3 Å². The predicted octanol–water partition coefficient (Wildman–Crippen LogP) is 2.61. The van der Waals surface area contributed by atoms with Crippen LogP contribution in [0.1, 0.15) is 30.4 Å². The number of para-hydroxylation sites is 1. The van der Waals surface area contributed by atoms with Gasteiger partial charge in [-0.2, -0.15) is 9.50 Å². The van der Waals surface area contributed by atoms with Crippen molar-refractivity contribution >= 4 is 38.4 Å². The van der Waals surface area contributed by atoms with E-state index in [1.807, 2.05) is 25.1 Å². The number of benzene rings is 1. The number of fused-ring (bicyclic) bond motifs is 2. The highest BCUT2D eigenvalue weighted by molar-refractivity contribution is 7.22. The third kappa shape index (κ3) is 3.70. The van der Waals surface area contributed by atoms with E-state index < -0.39 is 0 Å². The van der Waals surface area contributed by atoms with E-state index in [2.05, 4.69) is 25.4 Å². The quantitative estimate of drug-likeness (QED) is 0.503. The number of nitrogens with zero attached hydrogens (tertiary/aromatic N) is 4. The summed E-state index contributed by atoms with van der Waals surface area (Å²) >= 11 is 1.38. The molecule has 0 atom stereocenters. The summed E-state index contributed by atoms with van der Waals surface area (Å²) in [7, 11) is 0. The van der Waals surface area contributed by atoms with Gasteiger partial charge in [0.2, 0.25) is 5.91 Å². The first-order valence-corrected chi connectivity index (χ1v) is 10.0. The van der Waals surface area contributed by atoms with Crippen molar-refractivity contribution < 1.29 is 9.53 Å². The molecule has 9 nitrogen and oxygen atoms in total. The summed E-state index contributed by atoms with van der Waals surface area (Å²) in [5, 5.41) is 6.18. The summed E-state index contributed by atoms with van der Waals surface area (Å²) < 4.78 is 7.82. The molecule has 0 aliphatic rings. The number of anilines is 1. The molecule has 0 saturated heterocycles. The van der Waals surface area contributed by atoms with Gasteiger partial charge in [0.05, 0.1) is 17.0 Å². The van der Waals surface area contributed by atoms with Crippen molar-refractivity contribution in [2.75, 3.05) is 11.9 Å². The Bertz CT molecular complexity index is 1270. The number of H-pyrrole nitrogens is 1. The predicted molar refractivity (Wildman–Crippen MR) is 111 cm³/mol. The summed E-state index contributed by atoms with van der Waals surface area (Å²) in [5.41, 5.74) is 1.56. The van der Waals surface area contributed by atoms with Crippen molar-refractivity contribution in [3.8, 4) is 5.75 Å². The van der Waals surface area contributed by atoms with Gasteiger partial charge in [-0.05, 0) is 39.3 Å². The van der Waals surface area contributed by atoms with Crippen LogP contribution in [0.15, 0.2) is 23.0 Å². The zero-order valence-electron chi connectivity index (χ0n) is 16.3. The zero-order chi connectivity index (χ0) is 20.5. The van der Waals surface area contributed by atoms with E-state index in [1.165, 1.54) is 15.9 Å². The Labute approximate surface area is 169 Å². The largest absolute Gasteiger partial charge is 0.492 e. The minimum Gasteiger partial charge on any atom is -0.492 e. The molecule has 10 heteroatoms. The Morgan fingerprint density at radius 3 is 2.90 bits per heavy atom. The molecule has 0 spiro atoms. The highest BCUT2D eigenvalue weighted by Gasteiger charge is 2.15. The molecule has 1 amide bonds. The van der Waals surface area contributed by atoms with E-state index in [9.17, 15) is 9.59 Å². The van der Waals surface area contributed by atoms with Gasteiger partial charge in [-0.25, -0.2) is 9.97 Å². The molecular formula is C19H20N6O3S. The van der Waals surface area contributed by atoms with Gasteiger partial charge in [0.15, 0.2) is 5.13 Å². The van der Waals surface area contributed by atoms with Gasteiger partial charge in [0.1, 0.15) is 17.1 Å². The van der Waals surface area contributed by atoms with Crippen molar-refractivity contribution in [3.63, 3.8) is 0 Å². The maximum absolute atomic E-state index is 12.6. The standard InChI is InChI=1S/C19H20N6O3S/c1-4-28-13-6-5-7-14-16(13)23-19(29-14)22-15(26)9-8-12-10(2)20-18-21-11(3)24-25(18)17(12)27/h5-7H,4,8-9H2,1-3H3,(H,20,21,24)(H,22,23,26).